The number of fused-ring (bicyclic) bond motifs is 5. The van der Waals surface area contributed by atoms with E-state index in [1.54, 1.807) is 10.6 Å². The van der Waals surface area contributed by atoms with Gasteiger partial charge < -0.3 is 25.0 Å². The van der Waals surface area contributed by atoms with E-state index in [9.17, 15) is 27.6 Å². The number of sulfonamides is 1. The smallest absolute Gasteiger partial charge is 0.408 e. The molecule has 2 aromatic heterocycles. The maximum Gasteiger partial charge on any atom is 0.408 e. The Hall–Kier alpha value is -5.51. The second kappa shape index (κ2) is 16.4. The minimum Gasteiger partial charge on any atom is -0.472 e. The van der Waals surface area contributed by atoms with Crippen LogP contribution in [0.2, 0.25) is 0 Å². The summed E-state index contributed by atoms with van der Waals surface area (Å²) in [5.41, 5.74) is 3.41. The number of aromatic nitrogens is 3. The quantitative estimate of drug-likeness (QED) is 0.190. The summed E-state index contributed by atoms with van der Waals surface area (Å²) < 4.78 is 42.4. The molecule has 61 heavy (non-hydrogen) atoms. The normalized spacial score (nSPS) is 26.8. The van der Waals surface area contributed by atoms with E-state index in [1.165, 1.54) is 4.90 Å². The first kappa shape index (κ1) is 40.9. The van der Waals surface area contributed by atoms with E-state index in [0.29, 0.717) is 49.3 Å². The van der Waals surface area contributed by atoms with Gasteiger partial charge in [-0.15, -0.1) is 0 Å². The first-order chi connectivity index (χ1) is 29.4. The molecular weight excluding hydrogens is 799 g/mol. The van der Waals surface area contributed by atoms with Gasteiger partial charge in [0.25, 0.3) is 5.91 Å². The molecule has 4 amide bonds. The molecule has 2 aliphatic heterocycles. The summed E-state index contributed by atoms with van der Waals surface area (Å²) in [5, 5.41) is 10.9. The van der Waals surface area contributed by atoms with Crippen molar-refractivity contribution < 1.29 is 37.1 Å². The molecule has 5 atom stereocenters. The highest BCUT2D eigenvalue weighted by Gasteiger charge is 2.62. The van der Waals surface area contributed by atoms with E-state index in [1.807, 2.05) is 68.5 Å². The molecule has 5 aliphatic rings. The van der Waals surface area contributed by atoms with Crippen molar-refractivity contribution in [2.24, 2.45) is 5.92 Å². The van der Waals surface area contributed by atoms with Crippen LogP contribution in [0.4, 0.5) is 4.79 Å². The number of amides is 4. The lowest BCUT2D eigenvalue weighted by Gasteiger charge is -2.30. The third kappa shape index (κ3) is 8.43. The molecule has 4 heterocycles. The molecule has 15 nitrogen and oxygen atoms in total. The minimum atomic E-state index is -3.91. The maximum atomic E-state index is 14.8. The number of benzene rings is 2. The van der Waals surface area contributed by atoms with Crippen molar-refractivity contribution in [1.29, 1.82) is 0 Å². The number of carbonyl (C=O) groups excluding carboxylic acids is 4. The second-order valence-electron chi connectivity index (χ2n) is 17.6. The topological polar surface area (TPSA) is 190 Å². The van der Waals surface area contributed by atoms with Crippen molar-refractivity contribution in [3.8, 4) is 17.1 Å². The van der Waals surface area contributed by atoms with Crippen LogP contribution in [0.25, 0.3) is 27.8 Å². The van der Waals surface area contributed by atoms with Gasteiger partial charge >= 0.3 is 6.09 Å². The van der Waals surface area contributed by atoms with Crippen LogP contribution in [-0.2, 0) is 29.1 Å². The monoisotopic (exact) mass is 851 g/mol. The third-order valence-electron chi connectivity index (χ3n) is 12.9. The van der Waals surface area contributed by atoms with Gasteiger partial charge in [-0.2, -0.15) is 9.61 Å². The van der Waals surface area contributed by atoms with E-state index in [4.69, 9.17) is 19.6 Å². The van der Waals surface area contributed by atoms with Gasteiger partial charge in [0.2, 0.25) is 27.7 Å². The van der Waals surface area contributed by atoms with Gasteiger partial charge in [-0.3, -0.25) is 19.1 Å². The summed E-state index contributed by atoms with van der Waals surface area (Å²) in [7, 11) is -3.91. The fourth-order valence-corrected chi connectivity index (χ4v) is 10.5. The van der Waals surface area contributed by atoms with Gasteiger partial charge in [0.05, 0.1) is 23.0 Å². The summed E-state index contributed by atoms with van der Waals surface area (Å²) in [6.45, 7) is 4.00. The van der Waals surface area contributed by atoms with E-state index in [2.05, 4.69) is 15.4 Å². The van der Waals surface area contributed by atoms with E-state index in [-0.39, 0.29) is 25.5 Å². The highest BCUT2D eigenvalue weighted by molar-refractivity contribution is 7.91. The number of nitrogens with zero attached hydrogens (tertiary/aromatic N) is 4. The van der Waals surface area contributed by atoms with Crippen LogP contribution < -0.4 is 20.1 Å². The Morgan fingerprint density at radius 3 is 2.48 bits per heavy atom. The summed E-state index contributed by atoms with van der Waals surface area (Å²) in [4.78, 5) is 63.2. The number of nitrogens with one attached hydrogen (secondary N) is 3. The number of aryl methyl sites for hydroxylation is 2. The molecule has 1 saturated heterocycles. The van der Waals surface area contributed by atoms with Crippen molar-refractivity contribution in [2.75, 3.05) is 6.54 Å². The van der Waals surface area contributed by atoms with Crippen LogP contribution in [0.15, 0.2) is 60.7 Å². The molecule has 4 aromatic rings. The standard InChI is InChI=1S/C45H53N7O8S/c1-27-17-19-29(20-18-27)36-24-38(52-40(46-36)39-28(2)11-10-16-34(39)49-52)59-32-23-37-41(53)48-45(43(55)50-61(57,58)33-21-22-33)25-30(45)12-6-4-3-5-7-15-35(42(54)51(37)26-32)47-44(56)60-31-13-8-9-14-31/h6,10-12,16-20,24,30-33,35,37H,3-5,7-9,13-15,21-23,25-26H2,1-2H3,(H,47,56)(H,48,53)(H,50,55)/b12-6-/t30-,32-,35+,37+,45-/m1/s1. The minimum absolute atomic E-state index is 0.0190. The van der Waals surface area contributed by atoms with E-state index >= 15 is 0 Å². The molecule has 0 bridgehead atoms. The zero-order valence-electron chi connectivity index (χ0n) is 34.6. The van der Waals surface area contributed by atoms with E-state index in [0.717, 1.165) is 66.1 Å². The summed E-state index contributed by atoms with van der Waals surface area (Å²) in [6, 6.07) is 13.5. The predicted molar refractivity (Wildman–Crippen MR) is 227 cm³/mol. The van der Waals surface area contributed by atoms with Crippen LogP contribution in [0.1, 0.15) is 94.6 Å². The van der Waals surface area contributed by atoms with Crippen LogP contribution >= 0.6 is 0 Å². The predicted octanol–water partition coefficient (Wildman–Crippen LogP) is 5.56. The second-order valence-corrected chi connectivity index (χ2v) is 19.5. The number of hydrogen-bond donors (Lipinski definition) is 3. The highest BCUT2D eigenvalue weighted by atomic mass is 32.2. The van der Waals surface area contributed by atoms with Gasteiger partial charge in [0, 0.05) is 29.4 Å². The van der Waals surface area contributed by atoms with Gasteiger partial charge in [0.15, 0.2) is 5.65 Å². The van der Waals surface area contributed by atoms with Crippen molar-refractivity contribution in [3.63, 3.8) is 0 Å². The lowest BCUT2D eigenvalue weighted by molar-refractivity contribution is -0.141. The lowest BCUT2D eigenvalue weighted by Crippen LogP contribution is -2.58. The Bertz CT molecular complexity index is 2510. The molecule has 3 aliphatic carbocycles. The number of allylic oxidation sites excluding steroid dienone is 1. The molecule has 0 unspecified atom stereocenters. The van der Waals surface area contributed by atoms with Gasteiger partial charge in [0.1, 0.15) is 29.8 Å². The summed E-state index contributed by atoms with van der Waals surface area (Å²) in [6.07, 6.45) is 10.1. The first-order valence-electron chi connectivity index (χ1n) is 21.7. The fraction of sp³-hybridized carbons (Fsp3) is 0.511. The fourth-order valence-electron chi connectivity index (χ4n) is 9.18. The number of hydrogen-bond acceptors (Lipinski definition) is 10. The summed E-state index contributed by atoms with van der Waals surface area (Å²) >= 11 is 0. The molecule has 322 valence electrons. The van der Waals surface area contributed by atoms with Gasteiger partial charge in [-0.05, 0) is 89.7 Å². The molecule has 3 saturated carbocycles. The Morgan fingerprint density at radius 1 is 0.934 bits per heavy atom. The Morgan fingerprint density at radius 2 is 1.70 bits per heavy atom. The number of carbonyl (C=O) groups is 4. The van der Waals surface area contributed by atoms with Crippen LogP contribution in [-0.4, -0.2) is 93.4 Å². The number of alkyl carbamates (subject to hydrolysis) is 1. The molecule has 3 N–H and O–H groups in total. The largest absolute Gasteiger partial charge is 0.472 e. The first-order valence-corrected chi connectivity index (χ1v) is 23.3. The molecule has 0 spiro atoms. The Balaban J connectivity index is 1.06. The van der Waals surface area contributed by atoms with E-state index < -0.39 is 68.7 Å². The average molecular weight is 852 g/mol. The van der Waals surface area contributed by atoms with Crippen molar-refractivity contribution in [3.05, 3.63) is 71.8 Å². The molecule has 16 heteroatoms. The maximum absolute atomic E-state index is 14.8. The lowest BCUT2D eigenvalue weighted by atomic mass is 10.0. The Kier molecular flexibility index (Phi) is 11.0. The van der Waals surface area contributed by atoms with Crippen LogP contribution in [0, 0.1) is 19.8 Å². The molecular formula is C45H53N7O8S. The average Bonchev–Trinajstić information content (AvgIpc) is 4.04. The van der Waals surface area contributed by atoms with Gasteiger partial charge in [-0.1, -0.05) is 67.0 Å². The zero-order chi connectivity index (χ0) is 42.5. The molecule has 9 rings (SSSR count). The molecule has 2 aromatic carbocycles. The molecule has 0 radical (unpaired) electrons. The SMILES string of the molecule is Cc1ccc(-c2cc(O[C@@H]3C[C@H]4C(=O)N[C@]5(C(=O)NS(=O)(=O)C6CC6)C[C@H]5/C=C\CCCCC[C@H](NC(=O)OC5CCCC5)C(=O)N4C3)n3nc4cccc(C)c4c3n2)cc1. The third-order valence-corrected chi connectivity index (χ3v) is 14.7. The van der Waals surface area contributed by atoms with Crippen molar-refractivity contribution in [1.82, 2.24) is 34.9 Å². The number of ether oxygens (including phenoxy) is 2. The van der Waals surface area contributed by atoms with Gasteiger partial charge in [-0.25, -0.2) is 18.2 Å². The van der Waals surface area contributed by atoms with Crippen molar-refractivity contribution in [2.45, 2.75) is 132 Å². The van der Waals surface area contributed by atoms with Crippen LogP contribution in [0.5, 0.6) is 5.88 Å². The zero-order valence-corrected chi connectivity index (χ0v) is 35.4. The van der Waals surface area contributed by atoms with Crippen molar-refractivity contribution >= 4 is 50.4 Å². The van der Waals surface area contributed by atoms with Crippen LogP contribution in [0.3, 0.4) is 0 Å². The molecule has 4 fully saturated rings. The summed E-state index contributed by atoms with van der Waals surface area (Å²) in [5.74, 6) is -1.94. The number of rotatable bonds is 8. The Labute approximate surface area is 355 Å². The highest BCUT2D eigenvalue weighted by Crippen LogP contribution is 2.46.